The van der Waals surface area contributed by atoms with Gasteiger partial charge < -0.3 is 9.22 Å². The molecule has 0 saturated carbocycles. The highest BCUT2D eigenvalue weighted by molar-refractivity contribution is 4.77. The zero-order valence-electron chi connectivity index (χ0n) is 11.1. The fourth-order valence-corrected chi connectivity index (χ4v) is 2.44. The second-order valence-corrected chi connectivity index (χ2v) is 4.84. The topological polar surface area (TPSA) is 68.8 Å². The van der Waals surface area contributed by atoms with Gasteiger partial charge in [0.1, 0.15) is 0 Å². The number of hydrogen-bond donors (Lipinski definition) is 1. The van der Waals surface area contributed by atoms with Crippen LogP contribution in [0, 0.1) is 28.8 Å². The van der Waals surface area contributed by atoms with Gasteiger partial charge in [0.25, 0.3) is 0 Å². The summed E-state index contributed by atoms with van der Waals surface area (Å²) in [5.41, 5.74) is 0. The van der Waals surface area contributed by atoms with Gasteiger partial charge in [-0.2, -0.15) is 10.5 Å². The predicted octanol–water partition coefficient (Wildman–Crippen LogP) is 1.40. The summed E-state index contributed by atoms with van der Waals surface area (Å²) < 4.78 is 6.50. The molecule has 0 atom stereocenters. The Morgan fingerprint density at radius 2 is 1.76 bits per heavy atom. The van der Waals surface area contributed by atoms with Crippen LogP contribution in [0.5, 0.6) is 0 Å². The Bertz CT molecular complexity index is 259. The van der Waals surface area contributed by atoms with Gasteiger partial charge in [0.05, 0.1) is 19.6 Å². The molecule has 1 aliphatic rings. The summed E-state index contributed by atoms with van der Waals surface area (Å²) in [7, 11) is 1.82. The Hall–Kier alpha value is -1.30. The summed E-state index contributed by atoms with van der Waals surface area (Å²) in [5, 5.41) is 16.7. The van der Waals surface area contributed by atoms with Crippen LogP contribution in [-0.4, -0.2) is 38.0 Å². The van der Waals surface area contributed by atoms with Crippen LogP contribution in [-0.2, 0) is 4.74 Å². The fourth-order valence-electron chi connectivity index (χ4n) is 2.44. The molecule has 96 valence electrons. The van der Waals surface area contributed by atoms with Crippen LogP contribution in [0.3, 0.4) is 0 Å². The Morgan fingerprint density at radius 3 is 2.06 bits per heavy atom. The molecular weight excluding hydrogens is 216 g/mol. The molecule has 0 spiro atoms. The highest BCUT2D eigenvalue weighted by atomic mass is 16.5. The molecule has 0 aliphatic carbocycles. The molecule has 0 aromatic rings. The van der Waals surface area contributed by atoms with Crippen molar-refractivity contribution < 1.29 is 9.22 Å². The summed E-state index contributed by atoms with van der Waals surface area (Å²) in [6.07, 6.45) is 5.58. The largest absolute Gasteiger partial charge is 0.335 e. The number of ether oxygens (including phenoxy) is 1. The van der Waals surface area contributed by atoms with Crippen molar-refractivity contribution in [2.45, 2.75) is 26.7 Å². The third-order valence-electron chi connectivity index (χ3n) is 2.78. The van der Waals surface area contributed by atoms with E-state index < -0.39 is 0 Å². The van der Waals surface area contributed by atoms with Gasteiger partial charge in [0.2, 0.25) is 0 Å². The molecule has 1 rings (SSSR count). The van der Waals surface area contributed by atoms with E-state index in [1.807, 2.05) is 7.11 Å². The van der Waals surface area contributed by atoms with Crippen LogP contribution in [0.1, 0.15) is 26.7 Å². The van der Waals surface area contributed by atoms with Crippen molar-refractivity contribution in [3.8, 4) is 12.4 Å². The van der Waals surface area contributed by atoms with E-state index in [2.05, 4.69) is 13.8 Å². The van der Waals surface area contributed by atoms with Crippen LogP contribution < -0.4 is 5.32 Å². The maximum absolute atomic E-state index is 7.48. The minimum Gasteiger partial charge on any atom is -0.335 e. The van der Waals surface area contributed by atoms with Gasteiger partial charge in [-0.25, -0.2) is 5.32 Å². The molecule has 17 heavy (non-hydrogen) atoms. The highest BCUT2D eigenvalue weighted by Gasteiger charge is 2.32. The molecular formula is C12H23N4O+. The van der Waals surface area contributed by atoms with Crippen LogP contribution in [0.4, 0.5) is 0 Å². The molecule has 1 N–H and O–H groups in total. The van der Waals surface area contributed by atoms with Gasteiger partial charge in [-0.3, -0.25) is 0 Å². The molecule has 1 heterocycles. The number of rotatable bonds is 4. The Labute approximate surface area is 104 Å². The monoisotopic (exact) mass is 239 g/mol. The summed E-state index contributed by atoms with van der Waals surface area (Å²) >= 11 is 0. The van der Waals surface area contributed by atoms with Crippen molar-refractivity contribution in [2.24, 2.45) is 5.92 Å². The van der Waals surface area contributed by atoms with Gasteiger partial charge in [0.15, 0.2) is 19.1 Å². The predicted molar refractivity (Wildman–Crippen MR) is 65.2 cm³/mol. The van der Waals surface area contributed by atoms with E-state index in [1.165, 1.54) is 49.3 Å². The third kappa shape index (κ3) is 6.78. The van der Waals surface area contributed by atoms with E-state index in [4.69, 9.17) is 15.3 Å². The normalized spacial score (nSPS) is 16.6. The molecule has 1 fully saturated rings. The number of nitriles is 2. The lowest BCUT2D eigenvalue weighted by Crippen LogP contribution is -2.48. The van der Waals surface area contributed by atoms with E-state index in [9.17, 15) is 0 Å². The Morgan fingerprint density at radius 1 is 1.24 bits per heavy atom. The first-order valence-electron chi connectivity index (χ1n) is 5.97. The van der Waals surface area contributed by atoms with Crippen molar-refractivity contribution in [2.75, 3.05) is 33.5 Å². The lowest BCUT2D eigenvalue weighted by Gasteiger charge is -2.34. The Kier molecular flexibility index (Phi) is 8.13. The molecule has 1 aliphatic heterocycles. The Balaban J connectivity index is 0.000000437. The zero-order chi connectivity index (χ0) is 13.1. The summed E-state index contributed by atoms with van der Waals surface area (Å²) in [6, 6.07) is 0. The lowest BCUT2D eigenvalue weighted by molar-refractivity contribution is -0.937. The summed E-state index contributed by atoms with van der Waals surface area (Å²) in [5.74, 6) is 0.790. The van der Waals surface area contributed by atoms with Gasteiger partial charge in [-0.15, -0.1) is 0 Å². The van der Waals surface area contributed by atoms with Crippen molar-refractivity contribution in [1.29, 1.82) is 10.5 Å². The van der Waals surface area contributed by atoms with Gasteiger partial charge in [-0.1, -0.05) is 13.8 Å². The molecule has 0 bridgehead atoms. The minimum atomic E-state index is 0.790. The highest BCUT2D eigenvalue weighted by Crippen LogP contribution is 2.21. The van der Waals surface area contributed by atoms with Crippen molar-refractivity contribution >= 4 is 0 Å². The van der Waals surface area contributed by atoms with Crippen LogP contribution in [0.2, 0.25) is 0 Å². The van der Waals surface area contributed by atoms with Crippen molar-refractivity contribution in [1.82, 2.24) is 5.32 Å². The lowest BCUT2D eigenvalue weighted by atomic mass is 10.2. The van der Waals surface area contributed by atoms with E-state index in [0.29, 0.717) is 0 Å². The van der Waals surface area contributed by atoms with E-state index >= 15 is 0 Å². The van der Waals surface area contributed by atoms with Crippen LogP contribution in [0.15, 0.2) is 0 Å². The van der Waals surface area contributed by atoms with Gasteiger partial charge >= 0.3 is 0 Å². The third-order valence-corrected chi connectivity index (χ3v) is 2.78. The number of methoxy groups -OCH3 is 1. The minimum absolute atomic E-state index is 0.790. The molecule has 0 unspecified atom stereocenters. The maximum Gasteiger partial charge on any atom is 0.190 e. The molecule has 5 heteroatoms. The first-order chi connectivity index (χ1) is 8.10. The average Bonchev–Trinajstić information content (AvgIpc) is 2.68. The summed E-state index contributed by atoms with van der Waals surface area (Å²) in [6.45, 7) is 9.45. The molecule has 0 aromatic heterocycles. The van der Waals surface area contributed by atoms with E-state index in [1.54, 1.807) is 5.32 Å². The zero-order valence-corrected chi connectivity index (χ0v) is 11.1. The second-order valence-electron chi connectivity index (χ2n) is 4.84. The number of quaternary nitrogens is 1. The van der Waals surface area contributed by atoms with Crippen molar-refractivity contribution in [3.05, 3.63) is 0 Å². The first-order valence-corrected chi connectivity index (χ1v) is 5.97. The maximum atomic E-state index is 7.48. The van der Waals surface area contributed by atoms with E-state index in [-0.39, 0.29) is 0 Å². The van der Waals surface area contributed by atoms with Crippen molar-refractivity contribution in [3.63, 3.8) is 0 Å². The fraction of sp³-hybridized carbons (Fsp3) is 0.833. The number of hydrogen-bond acceptors (Lipinski definition) is 4. The van der Waals surface area contributed by atoms with Gasteiger partial charge in [-0.05, 0) is 0 Å². The molecule has 1 saturated heterocycles. The average molecular weight is 239 g/mol. The second kappa shape index (κ2) is 8.81. The van der Waals surface area contributed by atoms with E-state index in [0.717, 1.165) is 12.6 Å². The smallest absolute Gasteiger partial charge is 0.190 e. The number of nitrogens with one attached hydrogen (secondary N) is 1. The van der Waals surface area contributed by atoms with Gasteiger partial charge in [0, 0.05) is 25.9 Å². The standard InChI is InChI=1S/C10H22NO.C2HN3/c1-10(2)8-11(9-12-3)6-4-5-7-11;3-1-5-2-4/h10H,4-9H2,1-3H3;5H/q+1;. The first kappa shape index (κ1) is 15.7. The number of likely N-dealkylation sites (tertiary alicyclic amines) is 1. The van der Waals surface area contributed by atoms with Crippen LogP contribution >= 0.6 is 0 Å². The molecule has 0 aromatic carbocycles. The summed E-state index contributed by atoms with van der Waals surface area (Å²) in [4.78, 5) is 0. The van der Waals surface area contributed by atoms with Crippen LogP contribution in [0.25, 0.3) is 0 Å². The number of nitrogens with zero attached hydrogens (tertiary/aromatic N) is 3. The SMILES string of the molecule is COC[N+]1(CC(C)C)CCCC1.N#CNC#N. The molecule has 0 amide bonds. The molecule has 5 nitrogen and oxygen atoms in total. The quantitative estimate of drug-likeness (QED) is 0.457. The molecule has 0 radical (unpaired) electrons.